The summed E-state index contributed by atoms with van der Waals surface area (Å²) in [6.07, 6.45) is 9.54. The van der Waals surface area contributed by atoms with Crippen LogP contribution in [0.1, 0.15) is 94.9 Å². The third-order valence-electron chi connectivity index (χ3n) is 15.1. The van der Waals surface area contributed by atoms with Crippen LogP contribution in [-0.4, -0.2) is 0 Å². The smallest absolute Gasteiger partial charge is 0.0502 e. The van der Waals surface area contributed by atoms with Crippen LogP contribution in [0.5, 0.6) is 0 Å². The maximum atomic E-state index is 2.55. The fraction of sp³-hybridized carbons (Fsp3) is 0.346. The summed E-state index contributed by atoms with van der Waals surface area (Å²) in [6.45, 7) is 9.78. The molecular formula is C52H51N. The summed E-state index contributed by atoms with van der Waals surface area (Å²) >= 11 is 0. The zero-order valence-corrected chi connectivity index (χ0v) is 31.8. The Bertz CT molecular complexity index is 2400. The lowest BCUT2D eigenvalue weighted by Crippen LogP contribution is -2.55. The lowest BCUT2D eigenvalue weighted by molar-refractivity contribution is -0.0399. The molecule has 0 N–H and O–H groups in total. The average molecular weight is 690 g/mol. The van der Waals surface area contributed by atoms with Gasteiger partial charge >= 0.3 is 0 Å². The van der Waals surface area contributed by atoms with Crippen LogP contribution in [0.25, 0.3) is 33.0 Å². The summed E-state index contributed by atoms with van der Waals surface area (Å²) in [5.74, 6) is 3.46. The summed E-state index contributed by atoms with van der Waals surface area (Å²) in [5, 5.41) is 2.55. The summed E-state index contributed by atoms with van der Waals surface area (Å²) in [5.41, 5.74) is 16.1. The molecular weight excluding hydrogens is 639 g/mol. The van der Waals surface area contributed by atoms with Gasteiger partial charge in [0.2, 0.25) is 0 Å². The number of hydrogen-bond donors (Lipinski definition) is 0. The van der Waals surface area contributed by atoms with Gasteiger partial charge < -0.3 is 4.90 Å². The van der Waals surface area contributed by atoms with E-state index in [2.05, 4.69) is 160 Å². The highest BCUT2D eigenvalue weighted by atomic mass is 15.1. The first-order valence-corrected chi connectivity index (χ1v) is 20.5. The highest BCUT2D eigenvalue weighted by Gasteiger charge is 2.61. The van der Waals surface area contributed by atoms with Gasteiger partial charge in [0.1, 0.15) is 0 Å². The van der Waals surface area contributed by atoms with Crippen LogP contribution in [0.4, 0.5) is 17.1 Å². The molecule has 6 aromatic carbocycles. The molecule has 264 valence electrons. The van der Waals surface area contributed by atoms with Crippen molar-refractivity contribution in [2.45, 2.75) is 88.9 Å². The summed E-state index contributed by atoms with van der Waals surface area (Å²) < 4.78 is 0. The third kappa shape index (κ3) is 4.49. The van der Waals surface area contributed by atoms with Gasteiger partial charge in [0.05, 0.1) is 5.69 Å². The largest absolute Gasteiger partial charge is 0.310 e. The van der Waals surface area contributed by atoms with Crippen LogP contribution >= 0.6 is 0 Å². The molecule has 4 saturated carbocycles. The van der Waals surface area contributed by atoms with Crippen LogP contribution in [0.3, 0.4) is 0 Å². The molecule has 1 heteroatoms. The number of nitrogens with zero attached hydrogens (tertiary/aromatic N) is 1. The molecule has 0 atom stereocenters. The molecule has 0 unspecified atom stereocenters. The van der Waals surface area contributed by atoms with E-state index in [1.807, 2.05) is 0 Å². The second kappa shape index (κ2) is 11.2. The van der Waals surface area contributed by atoms with Crippen molar-refractivity contribution in [1.82, 2.24) is 0 Å². The van der Waals surface area contributed by atoms with Crippen molar-refractivity contribution >= 4 is 27.8 Å². The van der Waals surface area contributed by atoms with E-state index in [1.54, 1.807) is 11.1 Å². The Labute approximate surface area is 316 Å². The van der Waals surface area contributed by atoms with Gasteiger partial charge in [-0.3, -0.25) is 0 Å². The van der Waals surface area contributed by atoms with E-state index < -0.39 is 0 Å². The Balaban J connectivity index is 1.07. The Kier molecular flexibility index (Phi) is 6.74. The van der Waals surface area contributed by atoms with Crippen molar-refractivity contribution in [3.63, 3.8) is 0 Å². The van der Waals surface area contributed by atoms with Gasteiger partial charge in [0.15, 0.2) is 0 Å². The molecule has 4 fully saturated rings. The summed E-state index contributed by atoms with van der Waals surface area (Å²) in [4.78, 5) is 2.55. The van der Waals surface area contributed by atoms with Gasteiger partial charge in [-0.05, 0) is 165 Å². The first-order chi connectivity index (χ1) is 25.7. The molecule has 0 radical (unpaired) electrons. The normalized spacial score (nSPS) is 26.7. The minimum atomic E-state index is 0.0718. The molecule has 6 aromatic rings. The molecule has 53 heavy (non-hydrogen) atoms. The Morgan fingerprint density at radius 3 is 1.87 bits per heavy atom. The van der Waals surface area contributed by atoms with Crippen molar-refractivity contribution in [1.29, 1.82) is 0 Å². The van der Waals surface area contributed by atoms with Gasteiger partial charge in [-0.1, -0.05) is 125 Å². The molecule has 4 bridgehead atoms. The first-order valence-electron chi connectivity index (χ1n) is 20.5. The van der Waals surface area contributed by atoms with E-state index in [0.717, 1.165) is 23.7 Å². The lowest BCUT2D eigenvalue weighted by atomic mass is 9.43. The summed E-state index contributed by atoms with van der Waals surface area (Å²) in [6, 6.07) is 49.3. The van der Waals surface area contributed by atoms with Crippen LogP contribution in [0.15, 0.2) is 127 Å². The van der Waals surface area contributed by atoms with E-state index >= 15 is 0 Å². The van der Waals surface area contributed by atoms with Gasteiger partial charge in [-0.15, -0.1) is 0 Å². The fourth-order valence-electron chi connectivity index (χ4n) is 12.9. The molecule has 0 heterocycles. The van der Waals surface area contributed by atoms with Crippen molar-refractivity contribution in [3.8, 4) is 22.3 Å². The molecule has 6 aliphatic carbocycles. The lowest BCUT2D eigenvalue weighted by Gasteiger charge is -2.61. The zero-order valence-electron chi connectivity index (χ0n) is 31.8. The third-order valence-corrected chi connectivity index (χ3v) is 15.1. The zero-order chi connectivity index (χ0) is 35.7. The number of benzene rings is 6. The quantitative estimate of drug-likeness (QED) is 0.178. The highest BCUT2D eigenvalue weighted by molar-refractivity contribution is 5.94. The molecule has 6 aliphatic rings. The number of anilines is 3. The van der Waals surface area contributed by atoms with Crippen LogP contribution in [-0.2, 0) is 16.2 Å². The van der Waals surface area contributed by atoms with Gasteiger partial charge in [-0.25, -0.2) is 0 Å². The molecule has 0 aliphatic heterocycles. The Morgan fingerprint density at radius 1 is 0.491 bits per heavy atom. The van der Waals surface area contributed by atoms with Gasteiger partial charge in [0.25, 0.3) is 0 Å². The predicted molar refractivity (Wildman–Crippen MR) is 223 cm³/mol. The van der Waals surface area contributed by atoms with E-state index in [1.165, 1.54) is 106 Å². The monoisotopic (exact) mass is 689 g/mol. The molecule has 1 nitrogen and oxygen atoms in total. The highest BCUT2D eigenvalue weighted by Crippen LogP contribution is 2.70. The molecule has 12 rings (SSSR count). The number of fused-ring (bicyclic) bond motifs is 5. The maximum absolute atomic E-state index is 2.55. The van der Waals surface area contributed by atoms with Crippen LogP contribution in [0, 0.1) is 23.7 Å². The second-order valence-corrected chi connectivity index (χ2v) is 18.8. The van der Waals surface area contributed by atoms with Crippen molar-refractivity contribution in [3.05, 3.63) is 150 Å². The minimum absolute atomic E-state index is 0.0718. The van der Waals surface area contributed by atoms with E-state index in [4.69, 9.17) is 0 Å². The van der Waals surface area contributed by atoms with Crippen molar-refractivity contribution in [2.75, 3.05) is 4.90 Å². The predicted octanol–water partition coefficient (Wildman–Crippen LogP) is 14.0. The minimum Gasteiger partial charge on any atom is -0.310 e. The Morgan fingerprint density at radius 2 is 1.09 bits per heavy atom. The standard InChI is InChI=1S/C52H51N/c1-50(2)25-26-51(3,4)49-46(50)17-10-18-47(49)53(41-24-19-35-11-5-6-12-37(35)32-41)40-22-20-36(21-23-40)42-14-9-16-45-48(42)43-13-7-8-15-44(43)52(45)38-28-33-27-34(30-38)31-39(52)29-33/h5-24,32-34,38-39H,25-31H2,1-4H3. The summed E-state index contributed by atoms with van der Waals surface area (Å²) in [7, 11) is 0. The average Bonchev–Trinajstić information content (AvgIpc) is 3.47. The Hall–Kier alpha value is -4.62. The van der Waals surface area contributed by atoms with E-state index in [0.29, 0.717) is 0 Å². The second-order valence-electron chi connectivity index (χ2n) is 18.8. The maximum Gasteiger partial charge on any atom is 0.0502 e. The fourth-order valence-corrected chi connectivity index (χ4v) is 12.9. The van der Waals surface area contributed by atoms with Gasteiger partial charge in [0, 0.05) is 16.8 Å². The SMILES string of the molecule is CC1(C)CCC(C)(C)c2c(N(c3ccc(-c4cccc5c4-c4ccccc4C54C5CC6CC(C5)CC4C6)cc3)c3ccc4ccccc4c3)cccc21. The molecule has 0 aromatic heterocycles. The van der Waals surface area contributed by atoms with E-state index in [-0.39, 0.29) is 16.2 Å². The van der Waals surface area contributed by atoms with Crippen molar-refractivity contribution < 1.29 is 0 Å². The van der Waals surface area contributed by atoms with Crippen LogP contribution in [0.2, 0.25) is 0 Å². The van der Waals surface area contributed by atoms with Gasteiger partial charge in [-0.2, -0.15) is 0 Å². The number of rotatable bonds is 4. The topological polar surface area (TPSA) is 3.24 Å². The number of hydrogen-bond acceptors (Lipinski definition) is 1. The molecule has 0 amide bonds. The molecule has 1 spiro atoms. The first kappa shape index (κ1) is 31.9. The van der Waals surface area contributed by atoms with Crippen LogP contribution < -0.4 is 4.90 Å². The van der Waals surface area contributed by atoms with Crippen molar-refractivity contribution in [2.24, 2.45) is 23.7 Å². The molecule has 0 saturated heterocycles. The van der Waals surface area contributed by atoms with E-state index in [9.17, 15) is 0 Å².